The average molecular weight is 484 g/mol. The van der Waals surface area contributed by atoms with Crippen LogP contribution in [-0.2, 0) is 23.0 Å². The van der Waals surface area contributed by atoms with Crippen LogP contribution in [0.3, 0.4) is 0 Å². The number of hydrogen-bond donors (Lipinski definition) is 1. The molecular weight excluding hydrogens is 454 g/mol. The largest absolute Gasteiger partial charge is 0.496 e. The highest BCUT2D eigenvalue weighted by Crippen LogP contribution is 2.38. The fourth-order valence-electron chi connectivity index (χ4n) is 4.31. The summed E-state index contributed by atoms with van der Waals surface area (Å²) in [6, 6.07) is 8.79. The first-order chi connectivity index (χ1) is 15.0. The lowest BCUT2D eigenvalue weighted by molar-refractivity contribution is 0.351. The number of fused-ring (bicyclic) bond motifs is 1. The second-order valence-electron chi connectivity index (χ2n) is 7.59. The summed E-state index contributed by atoms with van der Waals surface area (Å²) in [7, 11) is 1.13. The van der Waals surface area contributed by atoms with Crippen LogP contribution in [-0.4, -0.2) is 66.8 Å². The molecule has 2 aliphatic heterocycles. The summed E-state index contributed by atoms with van der Waals surface area (Å²) in [6.07, 6.45) is 0.565. The van der Waals surface area contributed by atoms with Crippen LogP contribution >= 0.6 is 12.4 Å². The highest BCUT2D eigenvalue weighted by molar-refractivity contribution is 7.89. The van der Waals surface area contributed by atoms with Crippen LogP contribution in [0, 0.1) is 0 Å². The molecule has 0 atom stereocenters. The first kappa shape index (κ1) is 24.4. The topological polar surface area (TPSA) is 80.3 Å². The molecule has 2 heterocycles. The number of halogens is 1. The Morgan fingerprint density at radius 1 is 0.844 bits per heavy atom. The molecule has 1 saturated heterocycles. The van der Waals surface area contributed by atoms with E-state index in [1.807, 2.05) is 12.1 Å². The van der Waals surface area contributed by atoms with Gasteiger partial charge >= 0.3 is 0 Å². The zero-order valence-corrected chi connectivity index (χ0v) is 20.2. The van der Waals surface area contributed by atoms with Gasteiger partial charge in [-0.05, 0) is 36.8 Å². The van der Waals surface area contributed by atoms with Gasteiger partial charge in [-0.2, -0.15) is 4.31 Å². The minimum atomic E-state index is -3.70. The van der Waals surface area contributed by atoms with E-state index in [9.17, 15) is 8.42 Å². The minimum Gasteiger partial charge on any atom is -0.496 e. The molecule has 0 spiro atoms. The second kappa shape index (κ2) is 10.2. The van der Waals surface area contributed by atoms with Gasteiger partial charge in [0.25, 0.3) is 0 Å². The Kier molecular flexibility index (Phi) is 7.76. The molecule has 0 bridgehead atoms. The predicted octanol–water partition coefficient (Wildman–Crippen LogP) is 2.29. The molecule has 0 aromatic heterocycles. The lowest BCUT2D eigenvalue weighted by Gasteiger charge is -2.32. The van der Waals surface area contributed by atoms with E-state index in [-0.39, 0.29) is 23.8 Å². The molecular formula is C22H30ClN3O5S. The van der Waals surface area contributed by atoms with Gasteiger partial charge in [-0.3, -0.25) is 0 Å². The maximum Gasteiger partial charge on any atom is 0.243 e. The molecule has 176 valence electrons. The van der Waals surface area contributed by atoms with Gasteiger partial charge in [-0.1, -0.05) is 0 Å². The van der Waals surface area contributed by atoms with Crippen LogP contribution in [0.4, 0.5) is 5.69 Å². The summed E-state index contributed by atoms with van der Waals surface area (Å²) >= 11 is 0. The van der Waals surface area contributed by atoms with Gasteiger partial charge in [-0.25, -0.2) is 8.42 Å². The molecule has 0 unspecified atom stereocenters. The number of sulfonamides is 1. The molecule has 10 heteroatoms. The van der Waals surface area contributed by atoms with Crippen LogP contribution in [0.1, 0.15) is 11.1 Å². The monoisotopic (exact) mass is 483 g/mol. The SMILES string of the molecule is COc1ccc(S(=O)(=O)N2CCc3c(OC)ccc(OC)c3C2)cc1N1CCNCC1.Cl. The lowest BCUT2D eigenvalue weighted by Crippen LogP contribution is -2.43. The van der Waals surface area contributed by atoms with Crippen LogP contribution in [0.25, 0.3) is 0 Å². The van der Waals surface area contributed by atoms with E-state index in [4.69, 9.17) is 14.2 Å². The Morgan fingerprint density at radius 2 is 1.44 bits per heavy atom. The number of nitrogens with one attached hydrogen (secondary N) is 1. The zero-order valence-electron chi connectivity index (χ0n) is 18.6. The number of methoxy groups -OCH3 is 3. The van der Waals surface area contributed by atoms with E-state index in [0.29, 0.717) is 24.5 Å². The van der Waals surface area contributed by atoms with Gasteiger partial charge in [0.15, 0.2) is 0 Å². The summed E-state index contributed by atoms with van der Waals surface area (Å²) in [4.78, 5) is 2.43. The third kappa shape index (κ3) is 4.47. The van der Waals surface area contributed by atoms with E-state index in [1.54, 1.807) is 39.5 Å². The van der Waals surface area contributed by atoms with Crippen molar-refractivity contribution in [2.24, 2.45) is 0 Å². The van der Waals surface area contributed by atoms with Crippen LogP contribution in [0.2, 0.25) is 0 Å². The van der Waals surface area contributed by atoms with Crippen molar-refractivity contribution in [1.82, 2.24) is 9.62 Å². The number of hydrogen-bond acceptors (Lipinski definition) is 7. The zero-order chi connectivity index (χ0) is 22.0. The van der Waals surface area contributed by atoms with Gasteiger partial charge in [0.1, 0.15) is 17.2 Å². The number of anilines is 1. The minimum absolute atomic E-state index is 0. The molecule has 0 radical (unpaired) electrons. The molecule has 1 N–H and O–H groups in total. The molecule has 0 saturated carbocycles. The van der Waals surface area contributed by atoms with Crippen molar-refractivity contribution in [2.75, 3.05) is 59.0 Å². The van der Waals surface area contributed by atoms with Gasteiger partial charge in [0, 0.05) is 50.4 Å². The third-order valence-corrected chi connectivity index (χ3v) is 7.82. The summed E-state index contributed by atoms with van der Waals surface area (Å²) in [5.74, 6) is 2.11. The fourth-order valence-corrected chi connectivity index (χ4v) is 5.74. The Morgan fingerprint density at radius 3 is 2.06 bits per heavy atom. The number of ether oxygens (including phenoxy) is 3. The smallest absolute Gasteiger partial charge is 0.243 e. The quantitative estimate of drug-likeness (QED) is 0.675. The number of nitrogens with zero attached hydrogens (tertiary/aromatic N) is 2. The molecule has 4 rings (SSSR count). The Labute approximate surface area is 195 Å². The molecule has 8 nitrogen and oxygen atoms in total. The van der Waals surface area contributed by atoms with Gasteiger partial charge in [-0.15, -0.1) is 12.4 Å². The first-order valence-corrected chi connectivity index (χ1v) is 11.8. The Hall–Kier alpha value is -2.20. The van der Waals surface area contributed by atoms with Crippen molar-refractivity contribution in [3.05, 3.63) is 41.5 Å². The molecule has 0 aliphatic carbocycles. The maximum absolute atomic E-state index is 13.6. The summed E-state index contributed by atoms with van der Waals surface area (Å²) < 4.78 is 45.1. The Balaban J connectivity index is 0.00000289. The highest BCUT2D eigenvalue weighted by Gasteiger charge is 2.32. The van der Waals surface area contributed by atoms with Crippen LogP contribution in [0.5, 0.6) is 17.2 Å². The number of piperazine rings is 1. The maximum atomic E-state index is 13.6. The van der Waals surface area contributed by atoms with E-state index >= 15 is 0 Å². The molecule has 2 aromatic carbocycles. The summed E-state index contributed by atoms with van der Waals surface area (Å²) in [5.41, 5.74) is 2.67. The van der Waals surface area contributed by atoms with Crippen LogP contribution < -0.4 is 24.4 Å². The number of rotatable bonds is 6. The van der Waals surface area contributed by atoms with Gasteiger partial charge < -0.3 is 24.4 Å². The van der Waals surface area contributed by atoms with Crippen molar-refractivity contribution in [3.63, 3.8) is 0 Å². The van der Waals surface area contributed by atoms with Gasteiger partial charge in [0.2, 0.25) is 10.0 Å². The highest BCUT2D eigenvalue weighted by atomic mass is 35.5. The molecule has 2 aromatic rings. The van der Waals surface area contributed by atoms with Crippen molar-refractivity contribution >= 4 is 28.1 Å². The average Bonchev–Trinajstić information content (AvgIpc) is 2.83. The first-order valence-electron chi connectivity index (χ1n) is 10.4. The second-order valence-corrected chi connectivity index (χ2v) is 9.52. The van der Waals surface area contributed by atoms with Crippen molar-refractivity contribution in [3.8, 4) is 17.2 Å². The van der Waals surface area contributed by atoms with Crippen molar-refractivity contribution < 1.29 is 22.6 Å². The summed E-state index contributed by atoms with van der Waals surface area (Å²) in [6.45, 7) is 3.93. The standard InChI is InChI=1S/C22H29N3O5S.ClH/c1-28-20-6-7-21(29-2)18-15-25(11-8-17(18)20)31(26,27)16-4-5-22(30-3)19(14-16)24-12-9-23-10-13-24;/h4-7,14,23H,8-13,15H2,1-3H3;1H. The molecule has 0 amide bonds. The predicted molar refractivity (Wildman–Crippen MR) is 126 cm³/mol. The van der Waals surface area contributed by atoms with Crippen LogP contribution in [0.15, 0.2) is 35.2 Å². The molecule has 2 aliphatic rings. The van der Waals surface area contributed by atoms with Crippen molar-refractivity contribution in [1.29, 1.82) is 0 Å². The van der Waals surface area contributed by atoms with E-state index in [1.165, 1.54) is 4.31 Å². The number of benzene rings is 2. The molecule has 32 heavy (non-hydrogen) atoms. The lowest BCUT2D eigenvalue weighted by atomic mass is 9.99. The normalized spacial score (nSPS) is 16.7. The molecule has 1 fully saturated rings. The fraction of sp³-hybridized carbons (Fsp3) is 0.455. The van der Waals surface area contributed by atoms with Crippen molar-refractivity contribution in [2.45, 2.75) is 17.9 Å². The van der Waals surface area contributed by atoms with E-state index in [0.717, 1.165) is 48.7 Å². The third-order valence-electron chi connectivity index (χ3n) is 5.98. The van der Waals surface area contributed by atoms with Gasteiger partial charge in [0.05, 0.1) is 31.9 Å². The van der Waals surface area contributed by atoms with E-state index < -0.39 is 10.0 Å². The summed E-state index contributed by atoms with van der Waals surface area (Å²) in [5, 5.41) is 3.32. The van der Waals surface area contributed by atoms with E-state index in [2.05, 4.69) is 10.2 Å². The Bertz CT molecular complexity index is 1060.